The number of hydrogen-bond donors (Lipinski definition) is 0. The topological polar surface area (TPSA) is 55.2 Å². The Kier molecular flexibility index (Phi) is 6.77. The fourth-order valence-corrected chi connectivity index (χ4v) is 5.79. The Labute approximate surface area is 195 Å². The van der Waals surface area contributed by atoms with Crippen molar-refractivity contribution in [1.29, 1.82) is 0 Å². The Hall–Kier alpha value is -2.90. The lowest BCUT2D eigenvalue weighted by Crippen LogP contribution is -2.32. The number of benzene rings is 2. The smallest absolute Gasteiger partial charge is 0.268 e. The summed E-state index contributed by atoms with van der Waals surface area (Å²) in [5, 5.41) is 1.16. The first kappa shape index (κ1) is 22.3. The molecule has 1 amide bonds. The van der Waals surface area contributed by atoms with Crippen molar-refractivity contribution < 1.29 is 4.79 Å². The third-order valence-electron chi connectivity index (χ3n) is 5.39. The van der Waals surface area contributed by atoms with Gasteiger partial charge in [0, 0.05) is 23.5 Å². The molecule has 2 aromatic carbocycles. The number of nitrogens with zero attached hydrogens (tertiary/aromatic N) is 3. The number of aromatic nitrogens is 2. The van der Waals surface area contributed by atoms with E-state index in [0.29, 0.717) is 28.5 Å². The monoisotopic (exact) mass is 463 g/mol. The summed E-state index contributed by atoms with van der Waals surface area (Å²) in [6.45, 7) is 7.29. The SMILES string of the molecule is CCN(CC)C(=O)CSc1nc2sc(C)c(-c3ccccc3)c2c(=O)n1-c1ccccc1. The number of aryl methyl sites for hydroxylation is 1. The van der Waals surface area contributed by atoms with Gasteiger partial charge in [0.25, 0.3) is 5.56 Å². The number of thiophene rings is 1. The average Bonchev–Trinajstić information content (AvgIpc) is 3.15. The highest BCUT2D eigenvalue weighted by Crippen LogP contribution is 2.36. The van der Waals surface area contributed by atoms with Gasteiger partial charge < -0.3 is 4.90 Å². The molecular weight excluding hydrogens is 438 g/mol. The minimum Gasteiger partial charge on any atom is -0.343 e. The molecule has 7 heteroatoms. The number of thioether (sulfide) groups is 1. The lowest BCUT2D eigenvalue weighted by atomic mass is 10.0. The molecule has 0 fully saturated rings. The van der Waals surface area contributed by atoms with Gasteiger partial charge >= 0.3 is 0 Å². The quantitative estimate of drug-likeness (QED) is 0.273. The van der Waals surface area contributed by atoms with E-state index < -0.39 is 0 Å². The molecule has 0 aliphatic rings. The maximum atomic E-state index is 13.9. The molecule has 0 saturated carbocycles. The van der Waals surface area contributed by atoms with Crippen LogP contribution in [0, 0.1) is 6.92 Å². The molecule has 0 N–H and O–H groups in total. The van der Waals surface area contributed by atoms with Gasteiger partial charge in [-0.15, -0.1) is 11.3 Å². The lowest BCUT2D eigenvalue weighted by Gasteiger charge is -2.18. The van der Waals surface area contributed by atoms with Gasteiger partial charge in [0.05, 0.1) is 16.8 Å². The number of fused-ring (bicyclic) bond motifs is 1. The fourth-order valence-electron chi connectivity index (χ4n) is 3.79. The van der Waals surface area contributed by atoms with Crippen molar-refractivity contribution in [3.8, 4) is 16.8 Å². The van der Waals surface area contributed by atoms with Crippen molar-refractivity contribution in [2.75, 3.05) is 18.8 Å². The van der Waals surface area contributed by atoms with Gasteiger partial charge in [-0.2, -0.15) is 0 Å². The van der Waals surface area contributed by atoms with Gasteiger partial charge in [-0.25, -0.2) is 4.98 Å². The van der Waals surface area contributed by atoms with Crippen LogP contribution in [-0.2, 0) is 4.79 Å². The third kappa shape index (κ3) is 4.23. The summed E-state index contributed by atoms with van der Waals surface area (Å²) < 4.78 is 1.64. The molecule has 0 aliphatic heterocycles. The molecule has 0 bridgehead atoms. The van der Waals surface area contributed by atoms with Crippen LogP contribution in [0.2, 0.25) is 0 Å². The van der Waals surface area contributed by atoms with Gasteiger partial charge in [0.15, 0.2) is 5.16 Å². The largest absolute Gasteiger partial charge is 0.343 e. The van der Waals surface area contributed by atoms with Gasteiger partial charge in [-0.05, 0) is 38.5 Å². The second-order valence-corrected chi connectivity index (χ2v) is 9.45. The number of carbonyl (C=O) groups is 1. The van der Waals surface area contributed by atoms with Gasteiger partial charge in [-0.1, -0.05) is 60.3 Å². The lowest BCUT2D eigenvalue weighted by molar-refractivity contribution is -0.127. The van der Waals surface area contributed by atoms with Crippen LogP contribution in [0.4, 0.5) is 0 Å². The van der Waals surface area contributed by atoms with E-state index in [2.05, 4.69) is 0 Å². The molecule has 4 rings (SSSR count). The number of para-hydroxylation sites is 1. The van der Waals surface area contributed by atoms with Crippen molar-refractivity contribution in [2.45, 2.75) is 25.9 Å². The van der Waals surface area contributed by atoms with Crippen LogP contribution in [0.5, 0.6) is 0 Å². The Morgan fingerprint density at radius 3 is 2.28 bits per heavy atom. The zero-order valence-corrected chi connectivity index (χ0v) is 20.0. The van der Waals surface area contributed by atoms with Crippen molar-refractivity contribution in [2.24, 2.45) is 0 Å². The molecule has 0 radical (unpaired) electrons. The first-order chi connectivity index (χ1) is 15.5. The molecular formula is C25H25N3O2S2. The van der Waals surface area contributed by atoms with Crippen molar-refractivity contribution >= 4 is 39.2 Å². The Morgan fingerprint density at radius 2 is 1.66 bits per heavy atom. The molecule has 32 heavy (non-hydrogen) atoms. The molecule has 0 atom stereocenters. The summed E-state index contributed by atoms with van der Waals surface area (Å²) in [4.78, 5) is 34.9. The van der Waals surface area contributed by atoms with Gasteiger partial charge in [-0.3, -0.25) is 14.2 Å². The Morgan fingerprint density at radius 1 is 1.03 bits per heavy atom. The zero-order valence-electron chi connectivity index (χ0n) is 18.4. The third-order valence-corrected chi connectivity index (χ3v) is 7.31. The predicted octanol–water partition coefficient (Wildman–Crippen LogP) is 5.38. The summed E-state index contributed by atoms with van der Waals surface area (Å²) in [5.41, 5.74) is 2.57. The highest BCUT2D eigenvalue weighted by atomic mass is 32.2. The van der Waals surface area contributed by atoms with Crippen LogP contribution in [0.3, 0.4) is 0 Å². The van der Waals surface area contributed by atoms with E-state index in [9.17, 15) is 9.59 Å². The number of hydrogen-bond acceptors (Lipinski definition) is 5. The second-order valence-electron chi connectivity index (χ2n) is 7.30. The highest BCUT2D eigenvalue weighted by molar-refractivity contribution is 7.99. The second kappa shape index (κ2) is 9.71. The normalized spacial score (nSPS) is 11.1. The molecule has 4 aromatic rings. The molecule has 0 unspecified atom stereocenters. The summed E-state index contributed by atoms with van der Waals surface area (Å²) in [6, 6.07) is 19.5. The number of carbonyl (C=O) groups excluding carboxylic acids is 1. The van der Waals surface area contributed by atoms with E-state index in [0.717, 1.165) is 21.7 Å². The van der Waals surface area contributed by atoms with Crippen LogP contribution in [0.1, 0.15) is 18.7 Å². The molecule has 0 aliphatic carbocycles. The molecule has 164 valence electrons. The Balaban J connectivity index is 1.89. The highest BCUT2D eigenvalue weighted by Gasteiger charge is 2.21. The first-order valence-corrected chi connectivity index (χ1v) is 12.4. The van der Waals surface area contributed by atoms with Crippen LogP contribution in [-0.4, -0.2) is 39.2 Å². The van der Waals surface area contributed by atoms with E-state index in [4.69, 9.17) is 4.98 Å². The minimum absolute atomic E-state index is 0.0429. The molecule has 0 spiro atoms. The number of rotatable bonds is 7. The van der Waals surface area contributed by atoms with E-state index >= 15 is 0 Å². The summed E-state index contributed by atoms with van der Waals surface area (Å²) in [6.07, 6.45) is 0. The van der Waals surface area contributed by atoms with Crippen molar-refractivity contribution in [3.63, 3.8) is 0 Å². The van der Waals surface area contributed by atoms with E-state index in [1.54, 1.807) is 9.47 Å². The van der Waals surface area contributed by atoms with E-state index in [-0.39, 0.29) is 17.2 Å². The summed E-state index contributed by atoms with van der Waals surface area (Å²) in [7, 11) is 0. The molecule has 5 nitrogen and oxygen atoms in total. The van der Waals surface area contributed by atoms with Crippen molar-refractivity contribution in [1.82, 2.24) is 14.5 Å². The molecule has 2 aromatic heterocycles. The minimum atomic E-state index is -0.109. The maximum Gasteiger partial charge on any atom is 0.268 e. The van der Waals surface area contributed by atoms with Crippen LogP contribution >= 0.6 is 23.1 Å². The first-order valence-electron chi connectivity index (χ1n) is 10.6. The molecule has 0 saturated heterocycles. The summed E-state index contributed by atoms with van der Waals surface area (Å²) >= 11 is 2.84. The summed E-state index contributed by atoms with van der Waals surface area (Å²) in [5.74, 6) is 0.281. The van der Waals surface area contributed by atoms with Crippen molar-refractivity contribution in [3.05, 3.63) is 75.9 Å². The van der Waals surface area contributed by atoms with Crippen LogP contribution < -0.4 is 5.56 Å². The van der Waals surface area contributed by atoms with Crippen LogP contribution in [0.15, 0.2) is 70.6 Å². The molecule has 2 heterocycles. The van der Waals surface area contributed by atoms with Crippen LogP contribution in [0.25, 0.3) is 27.0 Å². The van der Waals surface area contributed by atoms with Gasteiger partial charge in [0.1, 0.15) is 4.83 Å². The van der Waals surface area contributed by atoms with E-state index in [1.165, 1.54) is 23.1 Å². The average molecular weight is 464 g/mol. The predicted molar refractivity (Wildman–Crippen MR) is 134 cm³/mol. The Bertz CT molecular complexity index is 1290. The maximum absolute atomic E-state index is 13.9. The number of amides is 1. The standard InChI is InChI=1S/C25H25N3O2S2/c1-4-27(5-2)20(29)16-31-25-26-23-22(24(30)28(25)19-14-10-7-11-15-19)21(17(3)32-23)18-12-8-6-9-13-18/h6-15H,4-5,16H2,1-3H3. The fraction of sp³-hybridized carbons (Fsp3) is 0.240. The zero-order chi connectivity index (χ0) is 22.7. The van der Waals surface area contributed by atoms with Gasteiger partial charge in [0.2, 0.25) is 5.91 Å². The van der Waals surface area contributed by atoms with E-state index in [1.807, 2.05) is 81.4 Å².